The number of carbonyl (C=O) groups is 1. The summed E-state index contributed by atoms with van der Waals surface area (Å²) in [5, 5.41) is 0. The molecule has 0 heterocycles. The second-order valence-corrected chi connectivity index (χ2v) is 9.56. The molecule has 0 bridgehead atoms. The Hall–Kier alpha value is -1.16. The van der Waals surface area contributed by atoms with Crippen molar-refractivity contribution in [3.8, 4) is 0 Å². The summed E-state index contributed by atoms with van der Waals surface area (Å²) >= 11 is 0. The molecular weight excluding hydrogens is 360 g/mol. The van der Waals surface area contributed by atoms with Crippen LogP contribution in [0.3, 0.4) is 0 Å². The Balaban J connectivity index is -0.000000298. The fourth-order valence-electron chi connectivity index (χ4n) is 0.823. The van der Waals surface area contributed by atoms with Gasteiger partial charge in [0.05, 0.1) is 7.11 Å². The van der Waals surface area contributed by atoms with Gasteiger partial charge in [-0.25, -0.2) is 14.6 Å². The maximum atomic E-state index is 9.76. The SMILES string of the molecule is COC(N)=O.CO[Si](C)(OC)OC.CO[Si](CN=C=O)(OC)OC. The Labute approximate surface area is 144 Å². The minimum Gasteiger partial charge on any atom is -0.453 e. The zero-order valence-corrected chi connectivity index (χ0v) is 17.4. The molecule has 0 saturated heterocycles. The van der Waals surface area contributed by atoms with E-state index in [2.05, 4.69) is 15.5 Å². The molecule has 13 heteroatoms. The van der Waals surface area contributed by atoms with E-state index in [4.69, 9.17) is 26.6 Å². The largest absolute Gasteiger partial charge is 0.523 e. The van der Waals surface area contributed by atoms with Gasteiger partial charge in [-0.1, -0.05) is 0 Å². The summed E-state index contributed by atoms with van der Waals surface area (Å²) in [5.41, 5.74) is 4.43. The van der Waals surface area contributed by atoms with Crippen molar-refractivity contribution in [1.29, 1.82) is 0 Å². The molecular formula is C11H28N2O9Si2. The molecule has 0 aromatic heterocycles. The number of ether oxygens (including phenoxy) is 1. The number of hydrogen-bond acceptors (Lipinski definition) is 10. The molecule has 0 aliphatic rings. The van der Waals surface area contributed by atoms with Crippen LogP contribution in [0, 0.1) is 0 Å². The maximum absolute atomic E-state index is 9.76. The lowest BCUT2D eigenvalue weighted by atomic mass is 11.3. The van der Waals surface area contributed by atoms with E-state index in [1.54, 1.807) is 21.3 Å². The van der Waals surface area contributed by atoms with Crippen LogP contribution in [0.1, 0.15) is 0 Å². The van der Waals surface area contributed by atoms with Gasteiger partial charge in [0.2, 0.25) is 6.08 Å². The zero-order chi connectivity index (χ0) is 19.6. The number of primary amides is 1. The highest BCUT2D eigenvalue weighted by Crippen LogP contribution is 2.05. The van der Waals surface area contributed by atoms with Crippen LogP contribution in [0.25, 0.3) is 0 Å². The summed E-state index contributed by atoms with van der Waals surface area (Å²) in [6.07, 6.45) is 0.761. The molecule has 2 N–H and O–H groups in total. The Bertz CT molecular complexity index is 343. The number of rotatable bonds is 8. The molecule has 0 aromatic carbocycles. The van der Waals surface area contributed by atoms with E-state index >= 15 is 0 Å². The minimum atomic E-state index is -2.67. The first-order chi connectivity index (χ1) is 11.2. The van der Waals surface area contributed by atoms with E-state index in [1.807, 2.05) is 6.55 Å². The average Bonchev–Trinajstić information content (AvgIpc) is 2.63. The molecule has 0 aliphatic carbocycles. The van der Waals surface area contributed by atoms with Gasteiger partial charge in [-0.3, -0.25) is 0 Å². The number of nitrogens with zero attached hydrogens (tertiary/aromatic N) is 1. The van der Waals surface area contributed by atoms with Crippen molar-refractivity contribution in [2.45, 2.75) is 6.55 Å². The molecule has 0 radical (unpaired) electrons. The van der Waals surface area contributed by atoms with Crippen molar-refractivity contribution < 1.29 is 40.9 Å². The van der Waals surface area contributed by atoms with Crippen molar-refractivity contribution in [3.63, 3.8) is 0 Å². The molecule has 0 fully saturated rings. The van der Waals surface area contributed by atoms with Crippen LogP contribution >= 0.6 is 0 Å². The molecule has 0 saturated carbocycles. The van der Waals surface area contributed by atoms with Gasteiger partial charge in [-0.2, -0.15) is 0 Å². The van der Waals surface area contributed by atoms with Crippen LogP contribution in [-0.2, 0) is 36.1 Å². The van der Waals surface area contributed by atoms with E-state index in [0.29, 0.717) is 0 Å². The quantitative estimate of drug-likeness (QED) is 0.344. The molecule has 0 aliphatic heterocycles. The van der Waals surface area contributed by atoms with Crippen molar-refractivity contribution in [3.05, 3.63) is 0 Å². The third kappa shape index (κ3) is 14.4. The second kappa shape index (κ2) is 16.7. The summed E-state index contributed by atoms with van der Waals surface area (Å²) in [6.45, 7) is 1.83. The van der Waals surface area contributed by atoms with Gasteiger partial charge in [0.1, 0.15) is 6.17 Å². The van der Waals surface area contributed by atoms with E-state index in [1.165, 1.54) is 34.5 Å². The van der Waals surface area contributed by atoms with E-state index in [9.17, 15) is 9.59 Å². The third-order valence-electron chi connectivity index (χ3n) is 2.58. The number of isocyanates is 1. The topological polar surface area (TPSA) is 137 Å². The molecule has 0 atom stereocenters. The van der Waals surface area contributed by atoms with Crippen molar-refractivity contribution in [1.82, 2.24) is 0 Å². The van der Waals surface area contributed by atoms with Gasteiger partial charge in [0.15, 0.2) is 0 Å². The van der Waals surface area contributed by atoms with Gasteiger partial charge >= 0.3 is 23.7 Å². The molecule has 1 amide bonds. The third-order valence-corrected chi connectivity index (χ3v) is 7.22. The van der Waals surface area contributed by atoms with Gasteiger partial charge in [-0.05, 0) is 0 Å². The highest BCUT2D eigenvalue weighted by atomic mass is 28.4. The van der Waals surface area contributed by atoms with Crippen LogP contribution in [0.4, 0.5) is 4.79 Å². The Morgan fingerprint density at radius 3 is 1.38 bits per heavy atom. The summed E-state index contributed by atoms with van der Waals surface area (Å²) in [4.78, 5) is 22.5. The Kier molecular flexibility index (Phi) is 19.3. The lowest BCUT2D eigenvalue weighted by Crippen LogP contribution is -2.46. The molecule has 0 unspecified atom stereocenters. The smallest absolute Gasteiger partial charge is 0.453 e. The molecule has 144 valence electrons. The fraction of sp³-hybridized carbons (Fsp3) is 0.818. The first-order valence-electron chi connectivity index (χ1n) is 6.38. The summed E-state index contributed by atoms with van der Waals surface area (Å²) in [6, 6.07) is 0. The van der Waals surface area contributed by atoms with Crippen molar-refractivity contribution in [2.75, 3.05) is 55.9 Å². The predicted octanol–water partition coefficient (Wildman–Crippen LogP) is -0.0547. The number of nitrogens with two attached hydrogens (primary N) is 1. The number of carbonyl (C=O) groups excluding carboxylic acids is 2. The van der Waals surface area contributed by atoms with Crippen LogP contribution in [0.15, 0.2) is 4.99 Å². The monoisotopic (exact) mass is 388 g/mol. The highest BCUT2D eigenvalue weighted by Gasteiger charge is 2.37. The fourth-order valence-corrected chi connectivity index (χ4v) is 2.47. The van der Waals surface area contributed by atoms with E-state index < -0.39 is 23.7 Å². The van der Waals surface area contributed by atoms with Crippen LogP contribution in [0.5, 0.6) is 0 Å². The van der Waals surface area contributed by atoms with Crippen LogP contribution < -0.4 is 5.73 Å². The first-order valence-corrected chi connectivity index (χ1v) is 10.5. The normalized spacial score (nSPS) is 10.3. The van der Waals surface area contributed by atoms with E-state index in [0.717, 1.165) is 0 Å². The lowest BCUT2D eigenvalue weighted by molar-refractivity contribution is 0.125. The van der Waals surface area contributed by atoms with E-state index in [-0.39, 0.29) is 6.17 Å². The molecule has 0 rings (SSSR count). The summed E-state index contributed by atoms with van der Waals surface area (Å²) < 4.78 is 33.6. The van der Waals surface area contributed by atoms with Gasteiger partial charge < -0.3 is 37.0 Å². The maximum Gasteiger partial charge on any atom is 0.523 e. The van der Waals surface area contributed by atoms with Crippen molar-refractivity contribution >= 4 is 29.8 Å². The molecule has 11 nitrogen and oxygen atoms in total. The Morgan fingerprint density at radius 1 is 0.917 bits per heavy atom. The van der Waals surface area contributed by atoms with Crippen LogP contribution in [-0.4, -0.2) is 85.7 Å². The van der Waals surface area contributed by atoms with Gasteiger partial charge in [0, 0.05) is 49.2 Å². The van der Waals surface area contributed by atoms with Crippen molar-refractivity contribution in [2.24, 2.45) is 10.7 Å². The predicted molar refractivity (Wildman–Crippen MR) is 89.0 cm³/mol. The molecule has 0 aromatic rings. The zero-order valence-electron chi connectivity index (χ0n) is 15.4. The number of amides is 1. The minimum absolute atomic E-state index is 0.111. The van der Waals surface area contributed by atoms with Crippen LogP contribution in [0.2, 0.25) is 6.55 Å². The number of aliphatic imine (C=N–C) groups is 1. The highest BCUT2D eigenvalue weighted by molar-refractivity contribution is 6.60. The number of methoxy groups -OCH3 is 1. The standard InChI is InChI=1S/C5H11NO4Si.C4H12O3Si.C2H5NO2/c1-8-11(9-2,10-3)5-6-4-7;1-5-8(4,6-2)7-3;1-5-2(3)4/h5H2,1-3H3;1-4H3;1H3,(H2,3,4). The number of hydrogen-bond donors (Lipinski definition) is 1. The molecule has 0 spiro atoms. The average molecular weight is 389 g/mol. The molecule has 24 heavy (non-hydrogen) atoms. The lowest BCUT2D eigenvalue weighted by Gasteiger charge is -2.21. The summed E-state index contributed by atoms with van der Waals surface area (Å²) in [5.74, 6) is 0. The Morgan fingerprint density at radius 2 is 1.25 bits per heavy atom. The van der Waals surface area contributed by atoms with Gasteiger partial charge in [0.25, 0.3) is 0 Å². The first kappa shape index (κ1) is 27.7. The second-order valence-electron chi connectivity index (χ2n) is 3.70. The van der Waals surface area contributed by atoms with Gasteiger partial charge in [-0.15, -0.1) is 0 Å². The summed E-state index contributed by atoms with van der Waals surface area (Å²) in [7, 11) is 5.51.